The second kappa shape index (κ2) is 7.41. The van der Waals surface area contributed by atoms with Crippen LogP contribution in [0.3, 0.4) is 0 Å². The van der Waals surface area contributed by atoms with Crippen LogP contribution in [0.15, 0.2) is 23.0 Å². The van der Waals surface area contributed by atoms with Crippen molar-refractivity contribution in [2.45, 2.75) is 26.6 Å². The van der Waals surface area contributed by atoms with Crippen LogP contribution in [0.5, 0.6) is 5.75 Å². The Labute approximate surface area is 180 Å². The zero-order valence-corrected chi connectivity index (χ0v) is 17.0. The number of benzene rings is 1. The Morgan fingerprint density at radius 2 is 2.03 bits per heavy atom. The van der Waals surface area contributed by atoms with Crippen LogP contribution in [0.4, 0.5) is 4.39 Å². The number of aryl methyl sites for hydroxylation is 1. The summed E-state index contributed by atoms with van der Waals surface area (Å²) in [6, 6.07) is 4.60. The summed E-state index contributed by atoms with van der Waals surface area (Å²) < 4.78 is 26.3. The molecule has 0 fully saturated rings. The summed E-state index contributed by atoms with van der Waals surface area (Å²) in [6.07, 6.45) is 0. The molecule has 10 heteroatoms. The molecule has 3 aromatic rings. The maximum absolute atomic E-state index is 14.3. The van der Waals surface area contributed by atoms with Gasteiger partial charge < -0.3 is 24.5 Å². The summed E-state index contributed by atoms with van der Waals surface area (Å²) in [7, 11) is 0. The largest absolute Gasteiger partial charge is 0.481 e. The van der Waals surface area contributed by atoms with Gasteiger partial charge in [-0.05, 0) is 24.1 Å². The number of halogens is 1. The summed E-state index contributed by atoms with van der Waals surface area (Å²) in [4.78, 5) is 41.0. The van der Waals surface area contributed by atoms with Crippen molar-refractivity contribution in [3.05, 3.63) is 56.6 Å². The van der Waals surface area contributed by atoms with Crippen LogP contribution in [-0.4, -0.2) is 39.7 Å². The number of nitrogens with one attached hydrogen (secondary N) is 1. The minimum absolute atomic E-state index is 0.0718. The van der Waals surface area contributed by atoms with Gasteiger partial charge in [-0.25, -0.2) is 14.2 Å². The fourth-order valence-electron chi connectivity index (χ4n) is 4.10. The quantitative estimate of drug-likeness (QED) is 0.456. The third-order valence-corrected chi connectivity index (χ3v) is 5.73. The number of carbonyl (C=O) groups excluding carboxylic acids is 2. The fourth-order valence-corrected chi connectivity index (χ4v) is 4.10. The van der Waals surface area contributed by atoms with E-state index < -0.39 is 24.3 Å². The normalized spacial score (nSPS) is 14.2. The highest BCUT2D eigenvalue weighted by atomic mass is 19.1. The van der Waals surface area contributed by atoms with E-state index in [9.17, 15) is 18.8 Å². The van der Waals surface area contributed by atoms with Crippen LogP contribution >= 0.6 is 0 Å². The van der Waals surface area contributed by atoms with E-state index in [4.69, 9.17) is 14.6 Å². The predicted octanol–water partition coefficient (Wildman–Crippen LogP) is 0.917. The Balaban J connectivity index is 1.73. The molecule has 2 aromatic heterocycles. The standard InChI is InChI=1S/C22H18FN3O6/c1-10-2-11-12(5-24-19(28)7-27)13-6-26-17(21(13)25-16(11)3-15(10)23)4-18-14(22(26)30)8-32-20(29)9-31-18/h2-4,27H,5-9H2,1H3,(H,24,28). The van der Waals surface area contributed by atoms with Crippen molar-refractivity contribution in [1.82, 2.24) is 14.9 Å². The summed E-state index contributed by atoms with van der Waals surface area (Å²) in [6.45, 7) is 0.713. The lowest BCUT2D eigenvalue weighted by atomic mass is 9.99. The van der Waals surface area contributed by atoms with Crippen molar-refractivity contribution in [3.8, 4) is 17.1 Å². The van der Waals surface area contributed by atoms with Gasteiger partial charge in [0.2, 0.25) is 5.91 Å². The zero-order chi connectivity index (χ0) is 22.6. The Morgan fingerprint density at radius 1 is 1.22 bits per heavy atom. The molecule has 0 radical (unpaired) electrons. The van der Waals surface area contributed by atoms with Crippen LogP contribution in [0.25, 0.3) is 22.3 Å². The molecule has 0 atom stereocenters. The third-order valence-electron chi connectivity index (χ3n) is 5.73. The lowest BCUT2D eigenvalue weighted by Crippen LogP contribution is -2.26. The highest BCUT2D eigenvalue weighted by molar-refractivity contribution is 5.89. The average Bonchev–Trinajstić information content (AvgIpc) is 3.02. The minimum atomic E-state index is -0.665. The SMILES string of the molecule is Cc1cc2c(CNC(=O)CO)c3c(nc2cc1F)-c1cc2c(c(=O)n1C3)COC(=O)CO2. The molecule has 5 rings (SSSR count). The molecule has 1 aromatic carbocycles. The van der Waals surface area contributed by atoms with Crippen molar-refractivity contribution in [2.24, 2.45) is 0 Å². The maximum Gasteiger partial charge on any atom is 0.344 e. The van der Waals surface area contributed by atoms with Gasteiger partial charge in [-0.1, -0.05) is 0 Å². The topological polar surface area (TPSA) is 120 Å². The Hall–Kier alpha value is -3.79. The van der Waals surface area contributed by atoms with Gasteiger partial charge in [0, 0.05) is 29.6 Å². The van der Waals surface area contributed by atoms with E-state index in [-0.39, 0.29) is 43.2 Å². The molecule has 1 amide bonds. The van der Waals surface area contributed by atoms with E-state index in [0.29, 0.717) is 39.0 Å². The molecule has 0 bridgehead atoms. The number of amides is 1. The molecule has 0 saturated heterocycles. The monoisotopic (exact) mass is 439 g/mol. The molecular formula is C22H18FN3O6. The molecule has 0 saturated carbocycles. The first-order valence-electron chi connectivity index (χ1n) is 9.92. The number of fused-ring (bicyclic) bond motifs is 5. The molecule has 0 unspecified atom stereocenters. The Kier molecular flexibility index (Phi) is 4.66. The van der Waals surface area contributed by atoms with Gasteiger partial charge in [-0.3, -0.25) is 9.59 Å². The van der Waals surface area contributed by atoms with Gasteiger partial charge in [-0.2, -0.15) is 0 Å². The summed E-state index contributed by atoms with van der Waals surface area (Å²) in [5.41, 5.74) is 2.97. The Morgan fingerprint density at radius 3 is 2.81 bits per heavy atom. The van der Waals surface area contributed by atoms with Crippen molar-refractivity contribution in [1.29, 1.82) is 0 Å². The highest BCUT2D eigenvalue weighted by Crippen LogP contribution is 2.38. The number of aliphatic hydroxyl groups excluding tert-OH is 1. The van der Waals surface area contributed by atoms with Gasteiger partial charge in [0.15, 0.2) is 6.61 Å². The van der Waals surface area contributed by atoms with E-state index in [0.717, 1.165) is 0 Å². The summed E-state index contributed by atoms with van der Waals surface area (Å²) in [5, 5.41) is 12.4. The van der Waals surface area contributed by atoms with Crippen molar-refractivity contribution >= 4 is 22.8 Å². The molecule has 2 N–H and O–H groups in total. The van der Waals surface area contributed by atoms with E-state index in [1.54, 1.807) is 19.1 Å². The second-order valence-corrected chi connectivity index (χ2v) is 7.68. The number of hydrogen-bond acceptors (Lipinski definition) is 7. The smallest absolute Gasteiger partial charge is 0.344 e. The summed E-state index contributed by atoms with van der Waals surface area (Å²) in [5.74, 6) is -1.31. The predicted molar refractivity (Wildman–Crippen MR) is 109 cm³/mol. The van der Waals surface area contributed by atoms with Crippen LogP contribution in [0, 0.1) is 12.7 Å². The molecule has 32 heavy (non-hydrogen) atoms. The average molecular weight is 439 g/mol. The molecule has 2 aliphatic rings. The fraction of sp³-hybridized carbons (Fsp3) is 0.273. The second-order valence-electron chi connectivity index (χ2n) is 7.68. The maximum atomic E-state index is 14.3. The van der Waals surface area contributed by atoms with Crippen LogP contribution in [0.2, 0.25) is 0 Å². The molecule has 164 valence electrons. The molecule has 2 aliphatic heterocycles. The number of cyclic esters (lactones) is 1. The number of nitrogens with zero attached hydrogens (tertiary/aromatic N) is 2. The lowest BCUT2D eigenvalue weighted by molar-refractivity contribution is -0.146. The first-order valence-corrected chi connectivity index (χ1v) is 9.92. The van der Waals surface area contributed by atoms with Crippen molar-refractivity contribution in [3.63, 3.8) is 0 Å². The van der Waals surface area contributed by atoms with E-state index >= 15 is 0 Å². The van der Waals surface area contributed by atoms with Crippen LogP contribution in [0.1, 0.15) is 22.3 Å². The number of aliphatic hydroxyl groups is 1. The minimum Gasteiger partial charge on any atom is -0.481 e. The van der Waals surface area contributed by atoms with Gasteiger partial charge >= 0.3 is 5.97 Å². The first-order chi connectivity index (χ1) is 15.4. The molecule has 0 aliphatic carbocycles. The third kappa shape index (κ3) is 3.11. The lowest BCUT2D eigenvalue weighted by Gasteiger charge is -2.13. The number of esters is 1. The number of carbonyl (C=O) groups is 2. The highest BCUT2D eigenvalue weighted by Gasteiger charge is 2.30. The van der Waals surface area contributed by atoms with Gasteiger partial charge in [0.25, 0.3) is 5.56 Å². The van der Waals surface area contributed by atoms with Gasteiger partial charge in [-0.15, -0.1) is 0 Å². The first kappa shape index (κ1) is 20.1. The molecule has 4 heterocycles. The van der Waals surface area contributed by atoms with E-state index in [1.165, 1.54) is 10.6 Å². The van der Waals surface area contributed by atoms with Crippen LogP contribution in [-0.2, 0) is 34.0 Å². The number of pyridine rings is 2. The van der Waals surface area contributed by atoms with E-state index in [1.807, 2.05) is 0 Å². The van der Waals surface area contributed by atoms with Gasteiger partial charge in [0.1, 0.15) is 24.8 Å². The number of hydrogen-bond donors (Lipinski definition) is 2. The number of ether oxygens (including phenoxy) is 2. The van der Waals surface area contributed by atoms with Crippen molar-refractivity contribution in [2.75, 3.05) is 13.2 Å². The van der Waals surface area contributed by atoms with Crippen LogP contribution < -0.4 is 15.6 Å². The number of aromatic nitrogens is 2. The van der Waals surface area contributed by atoms with Crippen molar-refractivity contribution < 1.29 is 28.6 Å². The van der Waals surface area contributed by atoms with E-state index in [2.05, 4.69) is 10.3 Å². The molecule has 9 nitrogen and oxygen atoms in total. The summed E-state index contributed by atoms with van der Waals surface area (Å²) >= 11 is 0. The molecule has 0 spiro atoms. The zero-order valence-electron chi connectivity index (χ0n) is 17.0. The molecular weight excluding hydrogens is 421 g/mol. The number of rotatable bonds is 3. The Bertz CT molecular complexity index is 1380. The van der Waals surface area contributed by atoms with Gasteiger partial charge in [0.05, 0.1) is 29.0 Å².